The van der Waals surface area contributed by atoms with Crippen LogP contribution in [0, 0.1) is 5.92 Å². The molecule has 0 unspecified atom stereocenters. The van der Waals surface area contributed by atoms with Gasteiger partial charge in [0.15, 0.2) is 0 Å². The first kappa shape index (κ1) is 21.9. The van der Waals surface area contributed by atoms with Crippen LogP contribution in [0.15, 0.2) is 4.40 Å². The lowest BCUT2D eigenvalue weighted by Gasteiger charge is -2.19. The lowest BCUT2D eigenvalue weighted by atomic mass is 9.87. The second-order valence-corrected chi connectivity index (χ2v) is 10.5. The summed E-state index contributed by atoms with van der Waals surface area (Å²) in [6, 6.07) is 0. The second-order valence-electron chi connectivity index (χ2n) is 8.62. The molecule has 0 amide bonds. The predicted molar refractivity (Wildman–Crippen MR) is 112 cm³/mol. The monoisotopic (exact) mass is 383 g/mol. The first-order valence-electron chi connectivity index (χ1n) is 11.5. The fourth-order valence-corrected chi connectivity index (χ4v) is 6.05. The third-order valence-corrected chi connectivity index (χ3v) is 8.12. The van der Waals surface area contributed by atoms with Crippen molar-refractivity contribution in [2.45, 2.75) is 127 Å². The van der Waals surface area contributed by atoms with Crippen LogP contribution in [0.2, 0.25) is 0 Å². The van der Waals surface area contributed by atoms with E-state index in [2.05, 4.69) is 4.40 Å². The standard InChI is InChI=1S/C22H41NO2S/c24-26(25,22-18-12-5-2-6-13-19-22)23-20-14-8-7-11-17-21-15-9-3-1-4-10-16-21/h20-22H,1-19H2/b23-20+. The normalized spacial score (nSPS) is 22.6. The van der Waals surface area contributed by atoms with Gasteiger partial charge in [0.1, 0.15) is 0 Å². The van der Waals surface area contributed by atoms with E-state index in [1.165, 1.54) is 83.5 Å². The van der Waals surface area contributed by atoms with Crippen LogP contribution in [0.1, 0.15) is 122 Å². The van der Waals surface area contributed by atoms with Gasteiger partial charge in [-0.2, -0.15) is 4.40 Å². The van der Waals surface area contributed by atoms with Crippen molar-refractivity contribution < 1.29 is 8.42 Å². The molecule has 0 aliphatic heterocycles. The number of rotatable bonds is 8. The van der Waals surface area contributed by atoms with Gasteiger partial charge in [-0.05, 0) is 31.6 Å². The second kappa shape index (κ2) is 12.9. The van der Waals surface area contributed by atoms with E-state index in [0.717, 1.165) is 44.4 Å². The van der Waals surface area contributed by atoms with Crippen LogP contribution >= 0.6 is 0 Å². The molecule has 0 aromatic carbocycles. The fraction of sp³-hybridized carbons (Fsp3) is 0.955. The molecule has 26 heavy (non-hydrogen) atoms. The quantitative estimate of drug-likeness (QED) is 0.341. The molecule has 2 aliphatic carbocycles. The van der Waals surface area contributed by atoms with Gasteiger partial charge >= 0.3 is 0 Å². The van der Waals surface area contributed by atoms with Gasteiger partial charge in [-0.15, -0.1) is 0 Å². The third kappa shape index (κ3) is 9.01. The molecule has 0 aromatic heterocycles. The summed E-state index contributed by atoms with van der Waals surface area (Å²) in [4.78, 5) is 0. The van der Waals surface area contributed by atoms with Crippen LogP contribution in [0.4, 0.5) is 0 Å². The summed E-state index contributed by atoms with van der Waals surface area (Å²) < 4.78 is 28.8. The van der Waals surface area contributed by atoms with Crippen molar-refractivity contribution in [2.75, 3.05) is 0 Å². The molecule has 3 nitrogen and oxygen atoms in total. The average molecular weight is 384 g/mol. The Labute approximate surface area is 162 Å². The number of sulfonamides is 1. The number of nitrogens with zero attached hydrogens (tertiary/aromatic N) is 1. The zero-order chi connectivity index (χ0) is 18.5. The predicted octanol–water partition coefficient (Wildman–Crippen LogP) is 6.81. The van der Waals surface area contributed by atoms with Gasteiger partial charge in [0.25, 0.3) is 10.0 Å². The van der Waals surface area contributed by atoms with E-state index in [4.69, 9.17) is 0 Å². The Kier molecular flexibility index (Phi) is 10.9. The highest BCUT2D eigenvalue weighted by Crippen LogP contribution is 2.27. The highest BCUT2D eigenvalue weighted by Gasteiger charge is 2.24. The Hall–Kier alpha value is -0.380. The minimum atomic E-state index is -3.27. The summed E-state index contributed by atoms with van der Waals surface area (Å²) in [7, 11) is -3.27. The maximum Gasteiger partial charge on any atom is 0.255 e. The van der Waals surface area contributed by atoms with Gasteiger partial charge in [-0.1, -0.05) is 96.3 Å². The minimum Gasteiger partial charge on any atom is -0.204 e. The fourth-order valence-electron chi connectivity index (χ4n) is 4.63. The molecule has 0 N–H and O–H groups in total. The highest BCUT2D eigenvalue weighted by molar-refractivity contribution is 7.90. The SMILES string of the molecule is O=S(=O)(/N=C/CCCCCC1CCCCCCC1)C1CCCCCCC1. The van der Waals surface area contributed by atoms with Gasteiger partial charge < -0.3 is 0 Å². The molecule has 2 fully saturated rings. The van der Waals surface area contributed by atoms with Crippen molar-refractivity contribution >= 4 is 16.2 Å². The van der Waals surface area contributed by atoms with Crippen molar-refractivity contribution in [2.24, 2.45) is 10.3 Å². The number of hydrogen-bond donors (Lipinski definition) is 0. The van der Waals surface area contributed by atoms with E-state index in [0.29, 0.717) is 0 Å². The molecule has 0 saturated heterocycles. The molecule has 0 spiro atoms. The molecule has 2 rings (SSSR count). The molecule has 0 heterocycles. The molecular weight excluding hydrogens is 342 g/mol. The van der Waals surface area contributed by atoms with E-state index in [1.807, 2.05) is 0 Å². The van der Waals surface area contributed by atoms with E-state index in [9.17, 15) is 8.42 Å². The van der Waals surface area contributed by atoms with Gasteiger partial charge in [-0.3, -0.25) is 0 Å². The van der Waals surface area contributed by atoms with E-state index in [-0.39, 0.29) is 5.25 Å². The van der Waals surface area contributed by atoms with Crippen LogP contribution in [0.5, 0.6) is 0 Å². The van der Waals surface area contributed by atoms with Gasteiger partial charge in [0, 0.05) is 6.21 Å². The molecular formula is C22H41NO2S. The van der Waals surface area contributed by atoms with Gasteiger partial charge in [-0.25, -0.2) is 8.42 Å². The van der Waals surface area contributed by atoms with Crippen molar-refractivity contribution in [3.05, 3.63) is 0 Å². The number of unbranched alkanes of at least 4 members (excludes halogenated alkanes) is 3. The molecule has 2 saturated carbocycles. The maximum atomic E-state index is 12.4. The van der Waals surface area contributed by atoms with Crippen LogP contribution in [-0.4, -0.2) is 19.9 Å². The maximum absolute atomic E-state index is 12.4. The summed E-state index contributed by atoms with van der Waals surface area (Å²) in [5.41, 5.74) is 0. The zero-order valence-electron chi connectivity index (χ0n) is 16.8. The Balaban J connectivity index is 1.58. The number of hydrogen-bond acceptors (Lipinski definition) is 2. The molecule has 0 aromatic rings. The first-order chi connectivity index (χ1) is 12.7. The topological polar surface area (TPSA) is 46.5 Å². The summed E-state index contributed by atoms with van der Waals surface area (Å²) >= 11 is 0. The lowest BCUT2D eigenvalue weighted by Crippen LogP contribution is -2.20. The highest BCUT2D eigenvalue weighted by atomic mass is 32.2. The van der Waals surface area contributed by atoms with Crippen LogP contribution < -0.4 is 0 Å². The van der Waals surface area contributed by atoms with Gasteiger partial charge in [0.05, 0.1) is 5.25 Å². The van der Waals surface area contributed by atoms with E-state index >= 15 is 0 Å². The smallest absolute Gasteiger partial charge is 0.204 e. The summed E-state index contributed by atoms with van der Waals surface area (Å²) in [6.45, 7) is 0. The summed E-state index contributed by atoms with van der Waals surface area (Å²) in [5, 5.41) is -0.224. The Morgan fingerprint density at radius 2 is 1.23 bits per heavy atom. The molecule has 4 heteroatoms. The molecule has 0 atom stereocenters. The Morgan fingerprint density at radius 3 is 1.85 bits per heavy atom. The zero-order valence-corrected chi connectivity index (χ0v) is 17.7. The van der Waals surface area contributed by atoms with Crippen molar-refractivity contribution in [1.29, 1.82) is 0 Å². The van der Waals surface area contributed by atoms with Crippen LogP contribution in [-0.2, 0) is 10.0 Å². The van der Waals surface area contributed by atoms with Crippen molar-refractivity contribution in [3.63, 3.8) is 0 Å². The lowest BCUT2D eigenvalue weighted by molar-refractivity contribution is 0.348. The van der Waals surface area contributed by atoms with E-state index < -0.39 is 10.0 Å². The largest absolute Gasteiger partial charge is 0.255 e. The third-order valence-electron chi connectivity index (χ3n) is 6.37. The minimum absolute atomic E-state index is 0.224. The van der Waals surface area contributed by atoms with Crippen molar-refractivity contribution in [1.82, 2.24) is 0 Å². The summed E-state index contributed by atoms with van der Waals surface area (Å²) in [6.07, 6.45) is 24.8. The summed E-state index contributed by atoms with van der Waals surface area (Å²) in [5.74, 6) is 0.948. The van der Waals surface area contributed by atoms with Crippen LogP contribution in [0.3, 0.4) is 0 Å². The Bertz CT molecular complexity index is 470. The molecule has 152 valence electrons. The molecule has 2 aliphatic rings. The van der Waals surface area contributed by atoms with E-state index in [1.54, 1.807) is 6.21 Å². The van der Waals surface area contributed by atoms with Gasteiger partial charge in [0.2, 0.25) is 0 Å². The Morgan fingerprint density at radius 1 is 0.692 bits per heavy atom. The van der Waals surface area contributed by atoms with Crippen molar-refractivity contribution in [3.8, 4) is 0 Å². The molecule has 0 bridgehead atoms. The first-order valence-corrected chi connectivity index (χ1v) is 13.0. The van der Waals surface area contributed by atoms with Crippen LogP contribution in [0.25, 0.3) is 0 Å². The average Bonchev–Trinajstić information content (AvgIpc) is 2.54. The molecule has 0 radical (unpaired) electrons.